The zero-order valence-corrected chi connectivity index (χ0v) is 27.0. The second-order valence-corrected chi connectivity index (χ2v) is 14.9. The van der Waals surface area contributed by atoms with Gasteiger partial charge in [0.2, 0.25) is 0 Å². The van der Waals surface area contributed by atoms with Gasteiger partial charge < -0.3 is 14.3 Å². The lowest BCUT2D eigenvalue weighted by Gasteiger charge is -2.18. The van der Waals surface area contributed by atoms with Crippen LogP contribution in [-0.4, -0.2) is 18.2 Å². The van der Waals surface area contributed by atoms with Gasteiger partial charge >= 0.3 is 7.37 Å². The van der Waals surface area contributed by atoms with Crippen molar-refractivity contribution in [3.05, 3.63) is 110 Å². The van der Waals surface area contributed by atoms with Crippen LogP contribution in [0.25, 0.3) is 0 Å². The van der Waals surface area contributed by atoms with Crippen molar-refractivity contribution in [3.8, 4) is 0 Å². The topological polar surface area (TPSA) is 92.4 Å². The molecular formula is C29H34Br2N2O5P2. The van der Waals surface area contributed by atoms with Crippen LogP contribution in [0.3, 0.4) is 0 Å². The zero-order chi connectivity index (χ0) is 28.6. The number of aryl methyl sites for hydroxylation is 2. The molecule has 0 fully saturated rings. The molecule has 214 valence electrons. The molecule has 2 aromatic heterocycles. The van der Waals surface area contributed by atoms with Crippen LogP contribution in [0, 0.1) is 19.1 Å². The average molecular weight is 712 g/mol. The van der Waals surface area contributed by atoms with Crippen molar-refractivity contribution in [2.45, 2.75) is 35.1 Å². The van der Waals surface area contributed by atoms with E-state index in [1.165, 1.54) is 0 Å². The lowest BCUT2D eigenvalue weighted by molar-refractivity contribution is -0.593. The normalized spacial score (nSPS) is 13.7. The summed E-state index contributed by atoms with van der Waals surface area (Å²) < 4.78 is 39.8. The van der Waals surface area contributed by atoms with Crippen LogP contribution < -0.4 is 26.2 Å². The first-order valence-electron chi connectivity index (χ1n) is 12.2. The maximum atomic E-state index is 13.3. The molecule has 2 unspecified atom stereocenters. The molecule has 11 heteroatoms. The van der Waals surface area contributed by atoms with Crippen molar-refractivity contribution in [1.82, 2.24) is 4.98 Å². The summed E-state index contributed by atoms with van der Waals surface area (Å²) in [6.45, 7) is 7.77. The third-order valence-electron chi connectivity index (χ3n) is 5.46. The fourth-order valence-electron chi connectivity index (χ4n) is 3.79. The Bertz CT molecular complexity index is 1490. The van der Waals surface area contributed by atoms with E-state index in [1.807, 2.05) is 56.3 Å². The van der Waals surface area contributed by atoms with Gasteiger partial charge in [-0.25, -0.2) is 4.98 Å². The summed E-state index contributed by atoms with van der Waals surface area (Å²) in [6.07, 6.45) is 0. The molecule has 2 aromatic carbocycles. The molecule has 0 bridgehead atoms. The fourth-order valence-corrected chi connectivity index (χ4v) is 9.49. The van der Waals surface area contributed by atoms with Crippen LogP contribution >= 0.6 is 46.6 Å². The molecular weight excluding hydrogens is 678 g/mol. The Labute approximate surface area is 253 Å². The van der Waals surface area contributed by atoms with Crippen molar-refractivity contribution in [3.63, 3.8) is 0 Å². The molecule has 0 aliphatic rings. The summed E-state index contributed by atoms with van der Waals surface area (Å²) in [6, 6.07) is 24.9. The number of nitrogens with zero attached hydrogens (tertiary/aromatic N) is 2. The van der Waals surface area contributed by atoms with Gasteiger partial charge in [-0.2, -0.15) is 4.73 Å². The van der Waals surface area contributed by atoms with Gasteiger partial charge in [0.25, 0.3) is 12.8 Å². The highest BCUT2D eigenvalue weighted by atomic mass is 79.9. The molecule has 4 rings (SSSR count). The van der Waals surface area contributed by atoms with Crippen LogP contribution in [0.2, 0.25) is 0 Å². The largest absolute Gasteiger partial charge is 0.618 e. The average Bonchev–Trinajstić information content (AvgIpc) is 2.91. The van der Waals surface area contributed by atoms with E-state index in [4.69, 9.17) is 9.05 Å². The van der Waals surface area contributed by atoms with Gasteiger partial charge in [0.1, 0.15) is 5.44 Å². The summed E-state index contributed by atoms with van der Waals surface area (Å²) in [4.78, 5) is 4.38. The lowest BCUT2D eigenvalue weighted by atomic mass is 10.4. The van der Waals surface area contributed by atoms with Crippen LogP contribution in [0.1, 0.15) is 32.7 Å². The van der Waals surface area contributed by atoms with Gasteiger partial charge in [-0.15, -0.1) is 0 Å². The van der Waals surface area contributed by atoms with Gasteiger partial charge in [0.05, 0.1) is 13.2 Å². The second-order valence-electron chi connectivity index (χ2n) is 8.36. The second kappa shape index (κ2) is 15.2. The van der Waals surface area contributed by atoms with Gasteiger partial charge in [0.15, 0.2) is 5.69 Å². The summed E-state index contributed by atoms with van der Waals surface area (Å²) in [5.41, 5.74) is 1.88. The van der Waals surface area contributed by atoms with Gasteiger partial charge in [0, 0.05) is 44.3 Å². The molecule has 0 radical (unpaired) electrons. The predicted molar refractivity (Wildman–Crippen MR) is 171 cm³/mol. The number of halogens is 2. The number of rotatable bonds is 8. The number of pyridine rings is 2. The first-order valence-corrected chi connectivity index (χ1v) is 17.0. The van der Waals surface area contributed by atoms with Gasteiger partial charge in [-0.3, -0.25) is 9.13 Å². The molecule has 0 amide bonds. The number of benzene rings is 2. The summed E-state index contributed by atoms with van der Waals surface area (Å²) in [5.74, 6) is 0. The van der Waals surface area contributed by atoms with Gasteiger partial charge in [-0.05, 0) is 57.2 Å². The first-order chi connectivity index (χ1) is 18.5. The summed E-state index contributed by atoms with van der Waals surface area (Å²) in [5, 5.41) is 13.4. The highest BCUT2D eigenvalue weighted by Gasteiger charge is 2.37. The van der Waals surface area contributed by atoms with Gasteiger partial charge in [-0.1, -0.05) is 75.7 Å². The Morgan fingerprint density at radius 2 is 1.25 bits per heavy atom. The van der Waals surface area contributed by atoms with E-state index in [0.29, 0.717) is 37.5 Å². The third kappa shape index (κ3) is 8.00. The minimum absolute atomic E-state index is 0. The number of hydrogen-bond donors (Lipinski definition) is 0. The molecule has 2 heterocycles. The standard InChI is InChI=1S/C14H15BrNO3P.C14H15BrNO2P.CH4/c1-3-19-20(18,13-7-5-4-6-8-13)14-10-12(15)9-11(2)16(14)17;1-3-18-19(17,13-7-5-4-6-8-13)14-10-12(15)9-11(2)16-14;/h4-10H,3H2,1-2H3;4-10H,3H2,1-2H3;1H4. The van der Waals surface area contributed by atoms with E-state index in [-0.39, 0.29) is 19.5 Å². The molecule has 0 aliphatic heterocycles. The minimum Gasteiger partial charge on any atom is -0.618 e. The fraction of sp³-hybridized carbons (Fsp3) is 0.241. The zero-order valence-electron chi connectivity index (χ0n) is 22.1. The lowest BCUT2D eigenvalue weighted by Crippen LogP contribution is -2.48. The van der Waals surface area contributed by atoms with E-state index in [0.717, 1.165) is 10.2 Å². The van der Waals surface area contributed by atoms with E-state index < -0.39 is 14.7 Å². The van der Waals surface area contributed by atoms with Crippen molar-refractivity contribution >= 4 is 68.1 Å². The van der Waals surface area contributed by atoms with E-state index in [2.05, 4.69) is 36.8 Å². The molecule has 0 saturated carbocycles. The third-order valence-corrected chi connectivity index (χ3v) is 11.3. The molecule has 0 spiro atoms. The first kappa shape index (κ1) is 34.1. The van der Waals surface area contributed by atoms with Crippen LogP contribution in [0.5, 0.6) is 0 Å². The Balaban J connectivity index is 0.000000274. The maximum absolute atomic E-state index is 13.3. The summed E-state index contributed by atoms with van der Waals surface area (Å²) in [7, 11) is -6.51. The van der Waals surface area contributed by atoms with E-state index in [1.54, 1.807) is 56.3 Å². The molecule has 0 aliphatic carbocycles. The van der Waals surface area contributed by atoms with Crippen LogP contribution in [0.4, 0.5) is 0 Å². The maximum Gasteiger partial charge on any atom is 0.325 e. The molecule has 0 N–H and O–H groups in total. The molecule has 7 nitrogen and oxygen atoms in total. The van der Waals surface area contributed by atoms with E-state index in [9.17, 15) is 14.3 Å². The highest BCUT2D eigenvalue weighted by Crippen LogP contribution is 2.45. The van der Waals surface area contributed by atoms with Crippen molar-refractivity contribution in [2.24, 2.45) is 0 Å². The number of hydrogen-bond acceptors (Lipinski definition) is 6. The highest BCUT2D eigenvalue weighted by molar-refractivity contribution is 9.10. The van der Waals surface area contributed by atoms with E-state index >= 15 is 0 Å². The monoisotopic (exact) mass is 710 g/mol. The van der Waals surface area contributed by atoms with Crippen LogP contribution in [0.15, 0.2) is 93.9 Å². The van der Waals surface area contributed by atoms with Crippen molar-refractivity contribution in [2.75, 3.05) is 13.2 Å². The molecule has 0 saturated heterocycles. The quantitative estimate of drug-likeness (QED) is 0.115. The van der Waals surface area contributed by atoms with Crippen molar-refractivity contribution < 1.29 is 22.9 Å². The molecule has 4 aromatic rings. The van der Waals surface area contributed by atoms with Crippen LogP contribution in [-0.2, 0) is 18.2 Å². The Hall–Kier alpha value is -2.12. The molecule has 2 atom stereocenters. The smallest absolute Gasteiger partial charge is 0.325 e. The minimum atomic E-state index is -3.40. The summed E-state index contributed by atoms with van der Waals surface area (Å²) >= 11 is 6.75. The Morgan fingerprint density at radius 1 is 0.775 bits per heavy atom. The predicted octanol–water partition coefficient (Wildman–Crippen LogP) is 6.71. The Kier molecular flexibility index (Phi) is 13.0. The number of aromatic nitrogens is 2. The molecule has 40 heavy (non-hydrogen) atoms. The van der Waals surface area contributed by atoms with Crippen molar-refractivity contribution in [1.29, 1.82) is 0 Å². The Morgan fingerprint density at radius 3 is 1.75 bits per heavy atom. The SMILES string of the molecule is C.CCOP(=O)(c1ccccc1)c1cc(Br)cc(C)[n+]1[O-].CCOP(=O)(c1ccccc1)c1cc(Br)cc(C)n1.